The third-order valence-electron chi connectivity index (χ3n) is 3.04. The maximum atomic E-state index is 3.56. The fraction of sp³-hybridized carbons (Fsp3) is 0.600. The molecule has 0 aromatic heterocycles. The minimum absolute atomic E-state index is 0.944. The molecule has 1 N–H and O–H groups in total. The molecule has 0 bridgehead atoms. The number of unbranched alkanes of at least 4 members (excludes halogenated alkanes) is 1. The average Bonchev–Trinajstić information content (AvgIpc) is 2.36. The zero-order valence-corrected chi connectivity index (χ0v) is 13.4. The standard InChI is InChI=1S/C15H25BrN2/c1-4-6-10-18(3)15-8-7-14(16)11-13(15)12-17-9-5-2/h7-8,11,17H,4-6,9-10,12H2,1-3H3. The van der Waals surface area contributed by atoms with Crippen molar-refractivity contribution in [3.63, 3.8) is 0 Å². The lowest BCUT2D eigenvalue weighted by Gasteiger charge is -2.23. The van der Waals surface area contributed by atoms with Crippen LogP contribution in [0.5, 0.6) is 0 Å². The number of nitrogens with one attached hydrogen (secondary N) is 1. The molecule has 1 rings (SSSR count). The molecule has 0 atom stereocenters. The summed E-state index contributed by atoms with van der Waals surface area (Å²) in [5.74, 6) is 0. The Morgan fingerprint density at radius 1 is 1.22 bits per heavy atom. The van der Waals surface area contributed by atoms with E-state index in [1.54, 1.807) is 0 Å². The Balaban J connectivity index is 2.74. The molecule has 1 aromatic rings. The summed E-state index contributed by atoms with van der Waals surface area (Å²) in [7, 11) is 2.18. The van der Waals surface area contributed by atoms with Gasteiger partial charge >= 0.3 is 0 Å². The van der Waals surface area contributed by atoms with Crippen LogP contribution in [0.1, 0.15) is 38.7 Å². The van der Waals surface area contributed by atoms with Crippen LogP contribution in [0.3, 0.4) is 0 Å². The normalized spacial score (nSPS) is 10.7. The number of anilines is 1. The van der Waals surface area contributed by atoms with Gasteiger partial charge in [-0.3, -0.25) is 0 Å². The van der Waals surface area contributed by atoms with Gasteiger partial charge < -0.3 is 10.2 Å². The highest BCUT2D eigenvalue weighted by atomic mass is 79.9. The van der Waals surface area contributed by atoms with Crippen LogP contribution >= 0.6 is 15.9 Å². The molecular formula is C15H25BrN2. The highest BCUT2D eigenvalue weighted by Crippen LogP contribution is 2.24. The first-order chi connectivity index (χ1) is 8.69. The second-order valence-corrected chi connectivity index (χ2v) is 5.64. The van der Waals surface area contributed by atoms with Gasteiger partial charge in [0.2, 0.25) is 0 Å². The number of hydrogen-bond donors (Lipinski definition) is 1. The van der Waals surface area contributed by atoms with Crippen LogP contribution < -0.4 is 10.2 Å². The number of hydrogen-bond acceptors (Lipinski definition) is 2. The van der Waals surface area contributed by atoms with Crippen LogP contribution in [0.25, 0.3) is 0 Å². The number of benzene rings is 1. The SMILES string of the molecule is CCCCN(C)c1ccc(Br)cc1CNCCC. The van der Waals surface area contributed by atoms with E-state index in [4.69, 9.17) is 0 Å². The molecule has 0 saturated heterocycles. The van der Waals surface area contributed by atoms with Gasteiger partial charge in [-0.2, -0.15) is 0 Å². The van der Waals surface area contributed by atoms with Gasteiger partial charge in [0.05, 0.1) is 0 Å². The number of halogens is 1. The Kier molecular flexibility index (Phi) is 7.36. The second kappa shape index (κ2) is 8.54. The van der Waals surface area contributed by atoms with E-state index in [2.05, 4.69) is 65.2 Å². The Morgan fingerprint density at radius 2 is 2.00 bits per heavy atom. The second-order valence-electron chi connectivity index (χ2n) is 4.72. The Labute approximate surface area is 120 Å². The van der Waals surface area contributed by atoms with Crippen LogP contribution in [0.2, 0.25) is 0 Å². The maximum Gasteiger partial charge on any atom is 0.0410 e. The first-order valence-electron chi connectivity index (χ1n) is 6.89. The fourth-order valence-electron chi connectivity index (χ4n) is 1.98. The summed E-state index contributed by atoms with van der Waals surface area (Å²) >= 11 is 3.56. The van der Waals surface area contributed by atoms with Crippen LogP contribution in [-0.4, -0.2) is 20.1 Å². The smallest absolute Gasteiger partial charge is 0.0410 e. The molecule has 1 aromatic carbocycles. The molecule has 0 aliphatic heterocycles. The minimum Gasteiger partial charge on any atom is -0.374 e. The van der Waals surface area contributed by atoms with E-state index in [0.717, 1.165) is 24.1 Å². The van der Waals surface area contributed by atoms with Crippen molar-refractivity contribution in [3.05, 3.63) is 28.2 Å². The summed E-state index contributed by atoms with van der Waals surface area (Å²) in [5.41, 5.74) is 2.71. The van der Waals surface area contributed by atoms with Gasteiger partial charge in [-0.05, 0) is 43.1 Å². The van der Waals surface area contributed by atoms with Gasteiger partial charge in [-0.15, -0.1) is 0 Å². The summed E-state index contributed by atoms with van der Waals surface area (Å²) in [6, 6.07) is 6.56. The van der Waals surface area contributed by atoms with E-state index < -0.39 is 0 Å². The summed E-state index contributed by atoms with van der Waals surface area (Å²) in [5, 5.41) is 3.48. The molecule has 3 heteroatoms. The predicted molar refractivity (Wildman–Crippen MR) is 84.3 cm³/mol. The van der Waals surface area contributed by atoms with E-state index in [1.807, 2.05) is 0 Å². The molecule has 0 spiro atoms. The molecule has 0 aliphatic carbocycles. The van der Waals surface area contributed by atoms with Gasteiger partial charge in [0.1, 0.15) is 0 Å². The Bertz CT molecular complexity index is 352. The van der Waals surface area contributed by atoms with Crippen LogP contribution in [0, 0.1) is 0 Å². The van der Waals surface area contributed by atoms with E-state index in [-0.39, 0.29) is 0 Å². The quantitative estimate of drug-likeness (QED) is 0.724. The summed E-state index contributed by atoms with van der Waals surface area (Å²) in [4.78, 5) is 2.36. The Morgan fingerprint density at radius 3 is 2.67 bits per heavy atom. The summed E-state index contributed by atoms with van der Waals surface area (Å²) in [6.07, 6.45) is 3.66. The zero-order valence-electron chi connectivity index (χ0n) is 11.8. The molecule has 0 saturated carbocycles. The molecular weight excluding hydrogens is 288 g/mol. The van der Waals surface area contributed by atoms with Gasteiger partial charge in [-0.25, -0.2) is 0 Å². The molecule has 0 fully saturated rings. The van der Waals surface area contributed by atoms with Gasteiger partial charge in [0.15, 0.2) is 0 Å². The fourth-order valence-corrected chi connectivity index (χ4v) is 2.39. The monoisotopic (exact) mass is 312 g/mol. The number of rotatable bonds is 8. The first-order valence-corrected chi connectivity index (χ1v) is 7.68. The lowest BCUT2D eigenvalue weighted by atomic mass is 10.1. The first kappa shape index (κ1) is 15.5. The summed E-state index contributed by atoms with van der Waals surface area (Å²) < 4.78 is 1.16. The maximum absolute atomic E-state index is 3.56. The predicted octanol–water partition coefficient (Wildman–Crippen LogP) is 4.19. The third kappa shape index (κ3) is 4.99. The van der Waals surface area contributed by atoms with E-state index >= 15 is 0 Å². The van der Waals surface area contributed by atoms with Crippen molar-refractivity contribution in [1.29, 1.82) is 0 Å². The Hall–Kier alpha value is -0.540. The molecule has 18 heavy (non-hydrogen) atoms. The molecule has 0 heterocycles. The van der Waals surface area contributed by atoms with Gasteiger partial charge in [0, 0.05) is 30.3 Å². The third-order valence-corrected chi connectivity index (χ3v) is 3.54. The van der Waals surface area contributed by atoms with Crippen LogP contribution in [0.15, 0.2) is 22.7 Å². The summed E-state index contributed by atoms with van der Waals surface area (Å²) in [6.45, 7) is 7.57. The van der Waals surface area contributed by atoms with Crippen molar-refractivity contribution >= 4 is 21.6 Å². The van der Waals surface area contributed by atoms with E-state index in [0.29, 0.717) is 0 Å². The van der Waals surface area contributed by atoms with Crippen molar-refractivity contribution < 1.29 is 0 Å². The molecule has 2 nitrogen and oxygen atoms in total. The lowest BCUT2D eigenvalue weighted by molar-refractivity contribution is 0.672. The molecule has 0 unspecified atom stereocenters. The van der Waals surface area contributed by atoms with E-state index in [9.17, 15) is 0 Å². The van der Waals surface area contributed by atoms with Gasteiger partial charge in [-0.1, -0.05) is 36.2 Å². The lowest BCUT2D eigenvalue weighted by Crippen LogP contribution is -2.22. The van der Waals surface area contributed by atoms with Gasteiger partial charge in [0.25, 0.3) is 0 Å². The van der Waals surface area contributed by atoms with Crippen molar-refractivity contribution in [2.45, 2.75) is 39.7 Å². The van der Waals surface area contributed by atoms with Crippen molar-refractivity contribution in [2.75, 3.05) is 25.0 Å². The molecule has 0 radical (unpaired) electrons. The molecule has 0 aliphatic rings. The molecule has 102 valence electrons. The van der Waals surface area contributed by atoms with Crippen LogP contribution in [-0.2, 0) is 6.54 Å². The number of nitrogens with zero attached hydrogens (tertiary/aromatic N) is 1. The average molecular weight is 313 g/mol. The minimum atomic E-state index is 0.944. The van der Waals surface area contributed by atoms with Crippen molar-refractivity contribution in [1.82, 2.24) is 5.32 Å². The highest BCUT2D eigenvalue weighted by molar-refractivity contribution is 9.10. The zero-order chi connectivity index (χ0) is 13.4. The topological polar surface area (TPSA) is 15.3 Å². The largest absolute Gasteiger partial charge is 0.374 e. The van der Waals surface area contributed by atoms with Crippen molar-refractivity contribution in [2.24, 2.45) is 0 Å². The van der Waals surface area contributed by atoms with Crippen molar-refractivity contribution in [3.8, 4) is 0 Å². The molecule has 0 amide bonds. The highest BCUT2D eigenvalue weighted by Gasteiger charge is 2.07. The van der Waals surface area contributed by atoms with E-state index in [1.165, 1.54) is 30.5 Å². The van der Waals surface area contributed by atoms with Crippen LogP contribution in [0.4, 0.5) is 5.69 Å².